The highest BCUT2D eigenvalue weighted by Gasteiger charge is 2.45. The molecule has 30 heavy (non-hydrogen) atoms. The summed E-state index contributed by atoms with van der Waals surface area (Å²) in [4.78, 5) is 12.4. The van der Waals surface area contributed by atoms with Gasteiger partial charge in [-0.1, -0.05) is 43.3 Å². The van der Waals surface area contributed by atoms with Gasteiger partial charge in [0.05, 0.1) is 5.56 Å². The first kappa shape index (κ1) is 22.3. The SMILES string of the molecule is CC1Cc2ccccc2C12CCN(C)CC2.O=CCOc1ccccc1C(F)(F)F. The lowest BCUT2D eigenvalue weighted by Crippen LogP contribution is -2.42. The zero-order chi connectivity index (χ0) is 21.8. The van der Waals surface area contributed by atoms with E-state index in [0.717, 1.165) is 12.0 Å². The topological polar surface area (TPSA) is 29.5 Å². The van der Waals surface area contributed by atoms with Gasteiger partial charge in [0.15, 0.2) is 6.29 Å². The Kier molecular flexibility index (Phi) is 6.86. The molecule has 1 aliphatic heterocycles. The Hall–Kier alpha value is -2.34. The van der Waals surface area contributed by atoms with Gasteiger partial charge in [0, 0.05) is 5.41 Å². The second-order valence-electron chi connectivity index (χ2n) is 8.19. The third kappa shape index (κ3) is 4.69. The number of benzene rings is 2. The van der Waals surface area contributed by atoms with Gasteiger partial charge in [0.25, 0.3) is 0 Å². The molecule has 0 bridgehead atoms. The number of rotatable bonds is 3. The van der Waals surface area contributed by atoms with E-state index < -0.39 is 11.7 Å². The molecular weight excluding hydrogens is 391 g/mol. The summed E-state index contributed by atoms with van der Waals surface area (Å²) in [7, 11) is 2.25. The smallest absolute Gasteiger partial charge is 0.419 e. The zero-order valence-electron chi connectivity index (χ0n) is 17.4. The second-order valence-corrected chi connectivity index (χ2v) is 8.19. The molecule has 0 N–H and O–H groups in total. The van der Waals surface area contributed by atoms with Crippen molar-refractivity contribution in [2.75, 3.05) is 26.7 Å². The van der Waals surface area contributed by atoms with E-state index in [-0.39, 0.29) is 12.4 Å². The molecular formula is C24H28F3NO2. The number of piperidine rings is 1. The standard InChI is InChI=1S/C15H21N.C9H7F3O2/c1-12-11-13-5-3-4-6-14(13)15(12)7-9-16(2)10-8-15;10-9(11,12)7-3-1-2-4-8(7)14-6-5-13/h3-6,12H,7-11H2,1-2H3;1-5H,6H2. The fraction of sp³-hybridized carbons (Fsp3) is 0.458. The van der Waals surface area contributed by atoms with E-state index in [9.17, 15) is 18.0 Å². The van der Waals surface area contributed by atoms with Crippen molar-refractivity contribution in [1.29, 1.82) is 0 Å². The maximum atomic E-state index is 12.3. The van der Waals surface area contributed by atoms with E-state index in [1.165, 1.54) is 50.6 Å². The van der Waals surface area contributed by atoms with Gasteiger partial charge in [0.1, 0.15) is 12.4 Å². The molecule has 1 atom stereocenters. The van der Waals surface area contributed by atoms with Crippen LogP contribution in [0.1, 0.15) is 36.5 Å². The average Bonchev–Trinajstić information content (AvgIpc) is 3.00. The van der Waals surface area contributed by atoms with Crippen LogP contribution < -0.4 is 4.74 Å². The highest BCUT2D eigenvalue weighted by Crippen LogP contribution is 2.49. The summed E-state index contributed by atoms with van der Waals surface area (Å²) in [5, 5.41) is 0. The third-order valence-electron chi connectivity index (χ3n) is 6.40. The number of fused-ring (bicyclic) bond motifs is 2. The molecule has 1 aliphatic carbocycles. The van der Waals surface area contributed by atoms with E-state index in [1.807, 2.05) is 0 Å². The lowest BCUT2D eigenvalue weighted by atomic mass is 9.69. The number of aldehydes is 1. The highest BCUT2D eigenvalue weighted by molar-refractivity contribution is 5.52. The monoisotopic (exact) mass is 419 g/mol. The van der Waals surface area contributed by atoms with E-state index in [2.05, 4.69) is 47.9 Å². The Balaban J connectivity index is 0.000000173. The summed E-state index contributed by atoms with van der Waals surface area (Å²) in [5.41, 5.74) is 2.90. The highest BCUT2D eigenvalue weighted by atomic mass is 19.4. The van der Waals surface area contributed by atoms with E-state index in [1.54, 1.807) is 11.1 Å². The van der Waals surface area contributed by atoms with Crippen molar-refractivity contribution in [3.05, 3.63) is 65.2 Å². The minimum absolute atomic E-state index is 0.327. The number of alkyl halides is 3. The van der Waals surface area contributed by atoms with Crippen LogP contribution in [0.3, 0.4) is 0 Å². The van der Waals surface area contributed by atoms with Crippen molar-refractivity contribution in [2.24, 2.45) is 5.92 Å². The van der Waals surface area contributed by atoms with Crippen LogP contribution in [-0.2, 0) is 22.8 Å². The maximum absolute atomic E-state index is 12.3. The molecule has 0 aromatic heterocycles. The number of nitrogens with zero attached hydrogens (tertiary/aromatic N) is 1. The fourth-order valence-corrected chi connectivity index (χ4v) is 4.70. The van der Waals surface area contributed by atoms with Gasteiger partial charge in [0.2, 0.25) is 0 Å². The lowest BCUT2D eigenvalue weighted by molar-refractivity contribution is -0.139. The van der Waals surface area contributed by atoms with Gasteiger partial charge in [-0.2, -0.15) is 13.2 Å². The molecule has 3 nitrogen and oxygen atoms in total. The molecule has 2 aliphatic rings. The molecule has 1 spiro atoms. The predicted molar refractivity (Wildman–Crippen MR) is 111 cm³/mol. The normalized spacial score (nSPS) is 20.2. The molecule has 0 radical (unpaired) electrons. The quantitative estimate of drug-likeness (QED) is 0.647. The summed E-state index contributed by atoms with van der Waals surface area (Å²) in [6.07, 6.45) is -0.0735. The molecule has 162 valence electrons. The van der Waals surface area contributed by atoms with Crippen LogP contribution in [0, 0.1) is 5.92 Å². The van der Waals surface area contributed by atoms with Gasteiger partial charge in [-0.05, 0) is 68.6 Å². The van der Waals surface area contributed by atoms with Crippen LogP contribution in [0.2, 0.25) is 0 Å². The van der Waals surface area contributed by atoms with Crippen LogP contribution in [0.25, 0.3) is 0 Å². The van der Waals surface area contributed by atoms with Gasteiger partial charge in [-0.25, -0.2) is 0 Å². The third-order valence-corrected chi connectivity index (χ3v) is 6.40. The number of carbonyl (C=O) groups is 1. The summed E-state index contributed by atoms with van der Waals surface area (Å²) in [6, 6.07) is 13.9. The van der Waals surface area contributed by atoms with Crippen LogP contribution in [0.5, 0.6) is 5.75 Å². The van der Waals surface area contributed by atoms with Crippen molar-refractivity contribution in [3.8, 4) is 5.75 Å². The van der Waals surface area contributed by atoms with Crippen LogP contribution in [0.4, 0.5) is 13.2 Å². The molecule has 1 unspecified atom stereocenters. The van der Waals surface area contributed by atoms with Gasteiger partial charge in [-0.3, -0.25) is 4.79 Å². The van der Waals surface area contributed by atoms with Crippen LogP contribution >= 0.6 is 0 Å². The minimum atomic E-state index is -4.46. The number of hydrogen-bond donors (Lipinski definition) is 0. The first-order chi connectivity index (χ1) is 14.3. The molecule has 1 saturated heterocycles. The summed E-state index contributed by atoms with van der Waals surface area (Å²) in [6.45, 7) is 4.59. The Bertz CT molecular complexity index is 858. The van der Waals surface area contributed by atoms with E-state index in [4.69, 9.17) is 0 Å². The van der Waals surface area contributed by atoms with Crippen molar-refractivity contribution in [2.45, 2.75) is 37.8 Å². The maximum Gasteiger partial charge on any atom is 0.419 e. The Labute approximate surface area is 175 Å². The van der Waals surface area contributed by atoms with Crippen LogP contribution in [0.15, 0.2) is 48.5 Å². The average molecular weight is 419 g/mol. The predicted octanol–water partition coefficient (Wildman–Crippen LogP) is 5.13. The van der Waals surface area contributed by atoms with Crippen molar-refractivity contribution in [3.63, 3.8) is 0 Å². The first-order valence-electron chi connectivity index (χ1n) is 10.3. The van der Waals surface area contributed by atoms with Crippen molar-refractivity contribution < 1.29 is 22.7 Å². The zero-order valence-corrected chi connectivity index (χ0v) is 17.4. The lowest BCUT2D eigenvalue weighted by Gasteiger charge is -2.42. The Morgan fingerprint density at radius 2 is 1.73 bits per heavy atom. The summed E-state index contributed by atoms with van der Waals surface area (Å²) in [5.74, 6) is 0.505. The molecule has 1 fully saturated rings. The molecule has 4 rings (SSSR count). The second kappa shape index (κ2) is 9.21. The number of carbonyl (C=O) groups excluding carboxylic acids is 1. The molecule has 6 heteroatoms. The molecule has 2 aromatic rings. The van der Waals surface area contributed by atoms with E-state index >= 15 is 0 Å². The molecule has 1 heterocycles. The fourth-order valence-electron chi connectivity index (χ4n) is 4.70. The molecule has 0 saturated carbocycles. The molecule has 0 amide bonds. The Morgan fingerprint density at radius 3 is 2.40 bits per heavy atom. The summed E-state index contributed by atoms with van der Waals surface area (Å²) < 4.78 is 41.5. The van der Waals surface area contributed by atoms with Gasteiger partial charge < -0.3 is 9.64 Å². The number of halogens is 3. The largest absolute Gasteiger partial charge is 0.486 e. The van der Waals surface area contributed by atoms with Crippen molar-refractivity contribution in [1.82, 2.24) is 4.90 Å². The van der Waals surface area contributed by atoms with Crippen molar-refractivity contribution >= 4 is 6.29 Å². The number of ether oxygens (including phenoxy) is 1. The number of hydrogen-bond acceptors (Lipinski definition) is 3. The Morgan fingerprint density at radius 1 is 1.10 bits per heavy atom. The van der Waals surface area contributed by atoms with E-state index in [0.29, 0.717) is 11.7 Å². The van der Waals surface area contributed by atoms with Gasteiger partial charge in [-0.15, -0.1) is 0 Å². The number of para-hydroxylation sites is 1. The molecule has 2 aromatic carbocycles. The van der Waals surface area contributed by atoms with Gasteiger partial charge >= 0.3 is 6.18 Å². The number of likely N-dealkylation sites (tertiary alicyclic amines) is 1. The minimum Gasteiger partial charge on any atom is -0.486 e. The first-order valence-corrected chi connectivity index (χ1v) is 10.3. The summed E-state index contributed by atoms with van der Waals surface area (Å²) >= 11 is 0. The van der Waals surface area contributed by atoms with Crippen LogP contribution in [-0.4, -0.2) is 37.9 Å².